The van der Waals surface area contributed by atoms with Gasteiger partial charge in [-0.3, -0.25) is 4.79 Å². The number of rotatable bonds is 3. The van der Waals surface area contributed by atoms with Crippen LogP contribution in [0.4, 0.5) is 4.39 Å². The molecule has 0 atom stereocenters. The molecule has 0 spiro atoms. The van der Waals surface area contributed by atoms with Crippen molar-refractivity contribution in [2.75, 3.05) is 0 Å². The molecule has 0 unspecified atom stereocenters. The van der Waals surface area contributed by atoms with Crippen LogP contribution in [0.2, 0.25) is 0 Å². The molecule has 1 nitrogen and oxygen atoms in total. The van der Waals surface area contributed by atoms with Gasteiger partial charge < -0.3 is 0 Å². The van der Waals surface area contributed by atoms with E-state index >= 15 is 0 Å². The number of fused-ring (bicyclic) bond motifs is 1. The van der Waals surface area contributed by atoms with E-state index in [1.807, 2.05) is 6.07 Å². The molecule has 1 aliphatic carbocycles. The molecule has 0 fully saturated rings. The number of Topliss-reactive ketones (excluding diaryl/α,β-unsaturated/α-hetero) is 1. The van der Waals surface area contributed by atoms with Gasteiger partial charge in [0.1, 0.15) is 5.82 Å². The van der Waals surface area contributed by atoms with Gasteiger partial charge >= 0.3 is 0 Å². The third-order valence-electron chi connectivity index (χ3n) is 3.71. The predicted octanol–water partition coefficient (Wildman–Crippen LogP) is 4.50. The first-order valence-corrected chi connectivity index (χ1v) is 7.51. The Hall–Kier alpha value is -1.48. The van der Waals surface area contributed by atoms with Gasteiger partial charge in [-0.1, -0.05) is 34.1 Å². The molecule has 1 aliphatic rings. The Bertz CT molecular complexity index is 658. The summed E-state index contributed by atoms with van der Waals surface area (Å²) in [6.07, 6.45) is 3.76. The number of halogens is 2. The quantitative estimate of drug-likeness (QED) is 0.756. The van der Waals surface area contributed by atoms with Crippen LogP contribution in [0.1, 0.15) is 33.5 Å². The van der Waals surface area contributed by atoms with Crippen molar-refractivity contribution in [3.63, 3.8) is 0 Å². The Morgan fingerprint density at radius 3 is 2.70 bits per heavy atom. The molecule has 20 heavy (non-hydrogen) atoms. The summed E-state index contributed by atoms with van der Waals surface area (Å²) in [6.45, 7) is 0. The highest BCUT2D eigenvalue weighted by Gasteiger charge is 2.13. The Kier molecular flexibility index (Phi) is 3.70. The summed E-state index contributed by atoms with van der Waals surface area (Å²) in [5, 5.41) is 0. The van der Waals surface area contributed by atoms with Crippen LogP contribution in [0.3, 0.4) is 0 Å². The van der Waals surface area contributed by atoms with Gasteiger partial charge in [-0.2, -0.15) is 0 Å². The minimum absolute atomic E-state index is 0.0526. The summed E-state index contributed by atoms with van der Waals surface area (Å²) in [5.41, 5.74) is 4.18. The zero-order valence-electron chi connectivity index (χ0n) is 11.0. The summed E-state index contributed by atoms with van der Waals surface area (Å²) >= 11 is 3.22. The summed E-state index contributed by atoms with van der Waals surface area (Å²) in [6, 6.07) is 10.6. The molecule has 3 rings (SSSR count). The van der Waals surface area contributed by atoms with Crippen molar-refractivity contribution in [3.05, 3.63) is 68.9 Å². The van der Waals surface area contributed by atoms with Crippen molar-refractivity contribution in [1.29, 1.82) is 0 Å². The second kappa shape index (κ2) is 5.49. The van der Waals surface area contributed by atoms with Gasteiger partial charge in [-0.25, -0.2) is 4.39 Å². The summed E-state index contributed by atoms with van der Waals surface area (Å²) in [4.78, 5) is 12.2. The van der Waals surface area contributed by atoms with Crippen molar-refractivity contribution in [3.8, 4) is 0 Å². The number of benzene rings is 2. The zero-order valence-corrected chi connectivity index (χ0v) is 12.5. The van der Waals surface area contributed by atoms with Crippen LogP contribution in [0.25, 0.3) is 0 Å². The maximum Gasteiger partial charge on any atom is 0.167 e. The van der Waals surface area contributed by atoms with E-state index in [1.165, 1.54) is 29.7 Å². The van der Waals surface area contributed by atoms with Gasteiger partial charge in [0.15, 0.2) is 5.78 Å². The highest BCUT2D eigenvalue weighted by molar-refractivity contribution is 9.10. The van der Waals surface area contributed by atoms with Gasteiger partial charge in [-0.15, -0.1) is 0 Å². The molecular formula is C17H14BrFO. The fraction of sp³-hybridized carbons (Fsp3) is 0.235. The van der Waals surface area contributed by atoms with Crippen LogP contribution < -0.4 is 0 Å². The van der Waals surface area contributed by atoms with Crippen LogP contribution in [0.5, 0.6) is 0 Å². The first-order chi connectivity index (χ1) is 9.61. The van der Waals surface area contributed by atoms with E-state index in [2.05, 4.69) is 28.1 Å². The maximum atomic E-state index is 13.3. The molecule has 0 aromatic heterocycles. The predicted molar refractivity (Wildman–Crippen MR) is 80.6 cm³/mol. The molecule has 0 N–H and O–H groups in total. The Labute approximate surface area is 126 Å². The number of carbonyl (C=O) groups excluding carboxylic acids is 1. The van der Waals surface area contributed by atoms with E-state index in [-0.39, 0.29) is 5.78 Å². The summed E-state index contributed by atoms with van der Waals surface area (Å²) in [5.74, 6) is -0.445. The molecule has 3 heteroatoms. The Morgan fingerprint density at radius 2 is 1.90 bits per heavy atom. The molecule has 102 valence electrons. The molecule has 0 saturated carbocycles. The lowest BCUT2D eigenvalue weighted by Crippen LogP contribution is -2.04. The van der Waals surface area contributed by atoms with Gasteiger partial charge in [0.05, 0.1) is 0 Å². The first kappa shape index (κ1) is 13.5. The molecule has 0 aliphatic heterocycles. The number of hydrogen-bond donors (Lipinski definition) is 0. The van der Waals surface area contributed by atoms with E-state index in [0.717, 1.165) is 18.4 Å². The van der Waals surface area contributed by atoms with Gasteiger partial charge in [0, 0.05) is 16.5 Å². The fourth-order valence-corrected chi connectivity index (χ4v) is 3.20. The molecule has 0 radical (unpaired) electrons. The zero-order chi connectivity index (χ0) is 14.1. The summed E-state index contributed by atoms with van der Waals surface area (Å²) < 4.78 is 13.9. The third-order valence-corrected chi connectivity index (χ3v) is 4.17. The van der Waals surface area contributed by atoms with Crippen molar-refractivity contribution in [1.82, 2.24) is 0 Å². The third kappa shape index (κ3) is 2.83. The number of ketones is 1. The topological polar surface area (TPSA) is 17.1 Å². The number of hydrogen-bond acceptors (Lipinski definition) is 1. The SMILES string of the molecule is O=C(Cc1ccc2c(c1)CCC2)c1cc(F)cc(Br)c1. The normalized spacial score (nSPS) is 13.3. The smallest absolute Gasteiger partial charge is 0.167 e. The largest absolute Gasteiger partial charge is 0.294 e. The number of aryl methyl sites for hydroxylation is 2. The fourth-order valence-electron chi connectivity index (χ4n) is 2.74. The lowest BCUT2D eigenvalue weighted by Gasteiger charge is -2.05. The van der Waals surface area contributed by atoms with E-state index in [9.17, 15) is 9.18 Å². The van der Waals surface area contributed by atoms with E-state index in [1.54, 1.807) is 6.07 Å². The minimum atomic E-state index is -0.392. The van der Waals surface area contributed by atoms with Crippen LogP contribution in [0, 0.1) is 5.82 Å². The highest BCUT2D eigenvalue weighted by atomic mass is 79.9. The lowest BCUT2D eigenvalue weighted by atomic mass is 9.99. The molecule has 0 bridgehead atoms. The molecule has 2 aromatic rings. The second-order valence-corrected chi connectivity index (χ2v) is 6.13. The van der Waals surface area contributed by atoms with E-state index in [0.29, 0.717) is 16.5 Å². The van der Waals surface area contributed by atoms with Crippen LogP contribution in [0.15, 0.2) is 40.9 Å². The highest BCUT2D eigenvalue weighted by Crippen LogP contribution is 2.24. The van der Waals surface area contributed by atoms with Crippen molar-refractivity contribution in [2.45, 2.75) is 25.7 Å². The van der Waals surface area contributed by atoms with E-state index in [4.69, 9.17) is 0 Å². The van der Waals surface area contributed by atoms with Crippen molar-refractivity contribution < 1.29 is 9.18 Å². The van der Waals surface area contributed by atoms with Gasteiger partial charge in [0.25, 0.3) is 0 Å². The molecule has 2 aromatic carbocycles. The standard InChI is InChI=1S/C17H14BrFO/c18-15-8-14(9-16(19)10-15)17(20)7-11-4-5-12-2-1-3-13(12)6-11/h4-6,8-10H,1-3,7H2. The Balaban J connectivity index is 1.82. The average Bonchev–Trinajstić information content (AvgIpc) is 2.85. The van der Waals surface area contributed by atoms with Crippen LogP contribution >= 0.6 is 15.9 Å². The van der Waals surface area contributed by atoms with Crippen LogP contribution in [-0.4, -0.2) is 5.78 Å². The van der Waals surface area contributed by atoms with Crippen LogP contribution in [-0.2, 0) is 19.3 Å². The Morgan fingerprint density at radius 1 is 1.10 bits per heavy atom. The van der Waals surface area contributed by atoms with Crippen molar-refractivity contribution >= 4 is 21.7 Å². The van der Waals surface area contributed by atoms with E-state index < -0.39 is 5.82 Å². The second-order valence-electron chi connectivity index (χ2n) is 5.21. The monoisotopic (exact) mass is 332 g/mol. The first-order valence-electron chi connectivity index (χ1n) is 6.72. The molecular weight excluding hydrogens is 319 g/mol. The molecule has 0 heterocycles. The summed E-state index contributed by atoms with van der Waals surface area (Å²) in [7, 11) is 0. The lowest BCUT2D eigenvalue weighted by molar-refractivity contribution is 0.0992. The average molecular weight is 333 g/mol. The minimum Gasteiger partial charge on any atom is -0.294 e. The van der Waals surface area contributed by atoms with Gasteiger partial charge in [-0.05, 0) is 54.2 Å². The van der Waals surface area contributed by atoms with Crippen molar-refractivity contribution in [2.24, 2.45) is 0 Å². The molecule has 0 saturated heterocycles. The molecule has 0 amide bonds. The number of carbonyl (C=O) groups is 1. The maximum absolute atomic E-state index is 13.3. The van der Waals surface area contributed by atoms with Gasteiger partial charge in [0.2, 0.25) is 0 Å².